The molecule has 1 N–H and O–H groups in total. The lowest BCUT2D eigenvalue weighted by Gasteiger charge is -2.15. The van der Waals surface area contributed by atoms with Gasteiger partial charge in [-0.2, -0.15) is 13.2 Å². The number of thioether (sulfide) groups is 1. The molecule has 0 fully saturated rings. The van der Waals surface area contributed by atoms with Gasteiger partial charge in [-0.05, 0) is 38.5 Å². The third-order valence-electron chi connectivity index (χ3n) is 4.12. The van der Waals surface area contributed by atoms with Crippen LogP contribution in [0.25, 0.3) is 10.9 Å². The Kier molecular flexibility index (Phi) is 5.60. The first-order valence-corrected chi connectivity index (χ1v) is 9.42. The standard InChI is InChI=1S/C20H18F3N3OS/c1-11-8-9-15(12(2)10-11)24-17(27)13(3)28-18-14-6-4-5-7-16(14)25-19(26-18)20(21,22)23/h4-10,13H,1-3H3,(H,24,27)/t13-/m1/s1. The Balaban J connectivity index is 1.87. The van der Waals surface area contributed by atoms with E-state index in [0.717, 1.165) is 22.9 Å². The van der Waals surface area contributed by atoms with Gasteiger partial charge in [-0.15, -0.1) is 0 Å². The number of aryl methyl sites for hydroxylation is 2. The fourth-order valence-corrected chi connectivity index (χ4v) is 3.61. The minimum atomic E-state index is -4.66. The molecule has 0 bridgehead atoms. The van der Waals surface area contributed by atoms with E-state index in [4.69, 9.17) is 0 Å². The third-order valence-corrected chi connectivity index (χ3v) is 5.22. The molecule has 1 atom stereocenters. The van der Waals surface area contributed by atoms with E-state index in [1.165, 1.54) is 6.07 Å². The van der Waals surface area contributed by atoms with Gasteiger partial charge < -0.3 is 5.32 Å². The Morgan fingerprint density at radius 1 is 1.11 bits per heavy atom. The Morgan fingerprint density at radius 3 is 2.50 bits per heavy atom. The highest BCUT2D eigenvalue weighted by Crippen LogP contribution is 2.34. The number of nitrogens with one attached hydrogen (secondary N) is 1. The second-order valence-corrected chi connectivity index (χ2v) is 7.76. The van der Waals surface area contributed by atoms with E-state index in [1.54, 1.807) is 25.1 Å². The van der Waals surface area contributed by atoms with Crippen molar-refractivity contribution in [3.05, 3.63) is 59.4 Å². The number of alkyl halides is 3. The van der Waals surface area contributed by atoms with Gasteiger partial charge >= 0.3 is 6.18 Å². The number of para-hydroxylation sites is 1. The molecule has 146 valence electrons. The normalized spacial score (nSPS) is 12.8. The molecule has 0 saturated carbocycles. The first-order valence-electron chi connectivity index (χ1n) is 8.54. The van der Waals surface area contributed by atoms with Crippen molar-refractivity contribution in [1.82, 2.24) is 9.97 Å². The van der Waals surface area contributed by atoms with Crippen LogP contribution in [-0.4, -0.2) is 21.1 Å². The van der Waals surface area contributed by atoms with Crippen LogP contribution in [0.4, 0.5) is 18.9 Å². The number of benzene rings is 2. The molecule has 0 saturated heterocycles. The van der Waals surface area contributed by atoms with Crippen LogP contribution >= 0.6 is 11.8 Å². The predicted molar refractivity (Wildman–Crippen MR) is 104 cm³/mol. The number of amides is 1. The van der Waals surface area contributed by atoms with Crippen LogP contribution in [0.2, 0.25) is 0 Å². The lowest BCUT2D eigenvalue weighted by Crippen LogP contribution is -2.23. The van der Waals surface area contributed by atoms with Crippen LogP contribution in [0.15, 0.2) is 47.5 Å². The number of hydrogen-bond acceptors (Lipinski definition) is 4. The number of fused-ring (bicyclic) bond motifs is 1. The maximum absolute atomic E-state index is 13.1. The fourth-order valence-electron chi connectivity index (χ4n) is 2.67. The lowest BCUT2D eigenvalue weighted by atomic mass is 10.1. The van der Waals surface area contributed by atoms with Crippen LogP contribution in [0.3, 0.4) is 0 Å². The second-order valence-electron chi connectivity index (χ2n) is 6.43. The van der Waals surface area contributed by atoms with Crippen molar-refractivity contribution in [3.8, 4) is 0 Å². The summed E-state index contributed by atoms with van der Waals surface area (Å²) in [5, 5.41) is 2.78. The summed E-state index contributed by atoms with van der Waals surface area (Å²) in [5.41, 5.74) is 2.85. The van der Waals surface area contributed by atoms with E-state index in [-0.39, 0.29) is 16.4 Å². The topological polar surface area (TPSA) is 54.9 Å². The molecular formula is C20H18F3N3OS. The van der Waals surface area contributed by atoms with Gasteiger partial charge in [-0.1, -0.05) is 47.7 Å². The summed E-state index contributed by atoms with van der Waals surface area (Å²) in [6, 6.07) is 12.1. The molecule has 1 amide bonds. The smallest absolute Gasteiger partial charge is 0.325 e. The zero-order chi connectivity index (χ0) is 20.5. The molecule has 1 aromatic heterocycles. The van der Waals surface area contributed by atoms with Crippen molar-refractivity contribution in [2.75, 3.05) is 5.32 Å². The van der Waals surface area contributed by atoms with E-state index < -0.39 is 17.3 Å². The Labute approximate surface area is 164 Å². The average Bonchev–Trinajstić information content (AvgIpc) is 2.63. The van der Waals surface area contributed by atoms with Gasteiger partial charge in [0.15, 0.2) is 0 Å². The van der Waals surface area contributed by atoms with Crippen molar-refractivity contribution < 1.29 is 18.0 Å². The molecule has 3 aromatic rings. The Hall–Kier alpha value is -2.61. The van der Waals surface area contributed by atoms with Gasteiger partial charge in [0, 0.05) is 11.1 Å². The molecule has 8 heteroatoms. The van der Waals surface area contributed by atoms with Crippen molar-refractivity contribution >= 4 is 34.3 Å². The summed E-state index contributed by atoms with van der Waals surface area (Å²) < 4.78 is 39.4. The quantitative estimate of drug-likeness (QED) is 0.467. The van der Waals surface area contributed by atoms with Gasteiger partial charge in [0.05, 0.1) is 10.8 Å². The lowest BCUT2D eigenvalue weighted by molar-refractivity contribution is -0.145. The minimum Gasteiger partial charge on any atom is -0.325 e. The van der Waals surface area contributed by atoms with Crippen LogP contribution < -0.4 is 5.32 Å². The van der Waals surface area contributed by atoms with Crippen molar-refractivity contribution in [3.63, 3.8) is 0 Å². The van der Waals surface area contributed by atoms with Crippen LogP contribution in [-0.2, 0) is 11.0 Å². The Morgan fingerprint density at radius 2 is 1.82 bits per heavy atom. The highest BCUT2D eigenvalue weighted by Gasteiger charge is 2.36. The molecule has 0 aliphatic carbocycles. The van der Waals surface area contributed by atoms with Crippen LogP contribution in [0.5, 0.6) is 0 Å². The highest BCUT2D eigenvalue weighted by molar-refractivity contribution is 8.00. The maximum Gasteiger partial charge on any atom is 0.451 e. The zero-order valence-electron chi connectivity index (χ0n) is 15.5. The number of anilines is 1. The molecule has 0 spiro atoms. The predicted octanol–water partition coefficient (Wildman–Crippen LogP) is 5.38. The number of rotatable bonds is 4. The summed E-state index contributed by atoms with van der Waals surface area (Å²) in [5.74, 6) is -1.52. The zero-order valence-corrected chi connectivity index (χ0v) is 16.3. The molecule has 28 heavy (non-hydrogen) atoms. The molecule has 1 heterocycles. The minimum absolute atomic E-state index is 0.126. The number of carbonyl (C=O) groups excluding carboxylic acids is 1. The van der Waals surface area contributed by atoms with Gasteiger partial charge in [-0.3, -0.25) is 4.79 Å². The van der Waals surface area contributed by atoms with Crippen LogP contribution in [0.1, 0.15) is 23.9 Å². The second kappa shape index (κ2) is 7.79. The number of halogens is 3. The van der Waals surface area contributed by atoms with E-state index in [2.05, 4.69) is 15.3 Å². The SMILES string of the molecule is Cc1ccc(NC(=O)[C@@H](C)Sc2nc(C(F)(F)F)nc3ccccc23)c(C)c1. The Bertz CT molecular complexity index is 1040. The summed E-state index contributed by atoms with van der Waals surface area (Å²) in [4.78, 5) is 19.8. The highest BCUT2D eigenvalue weighted by atomic mass is 32.2. The largest absolute Gasteiger partial charge is 0.451 e. The molecule has 0 radical (unpaired) electrons. The van der Waals surface area contributed by atoms with Gasteiger partial charge in [-0.25, -0.2) is 9.97 Å². The molecule has 0 aliphatic rings. The van der Waals surface area contributed by atoms with E-state index >= 15 is 0 Å². The van der Waals surface area contributed by atoms with Gasteiger partial charge in [0.25, 0.3) is 0 Å². The molecule has 4 nitrogen and oxygen atoms in total. The average molecular weight is 405 g/mol. The monoisotopic (exact) mass is 405 g/mol. The molecule has 0 aliphatic heterocycles. The third kappa shape index (κ3) is 4.44. The van der Waals surface area contributed by atoms with Crippen molar-refractivity contribution in [2.45, 2.75) is 37.2 Å². The molecule has 0 unspecified atom stereocenters. The van der Waals surface area contributed by atoms with E-state index in [1.807, 2.05) is 32.0 Å². The molecular weight excluding hydrogens is 387 g/mol. The summed E-state index contributed by atoms with van der Waals surface area (Å²) >= 11 is 0.977. The molecule has 2 aromatic carbocycles. The summed E-state index contributed by atoms with van der Waals surface area (Å²) in [7, 11) is 0. The first kappa shape index (κ1) is 20.1. The van der Waals surface area contributed by atoms with Crippen molar-refractivity contribution in [2.24, 2.45) is 0 Å². The van der Waals surface area contributed by atoms with E-state index in [9.17, 15) is 18.0 Å². The van der Waals surface area contributed by atoms with Gasteiger partial charge in [0.1, 0.15) is 5.03 Å². The van der Waals surface area contributed by atoms with Crippen LogP contribution in [0, 0.1) is 13.8 Å². The summed E-state index contributed by atoms with van der Waals surface area (Å²) in [6.07, 6.45) is -4.66. The maximum atomic E-state index is 13.1. The number of carbonyl (C=O) groups is 1. The van der Waals surface area contributed by atoms with E-state index in [0.29, 0.717) is 11.1 Å². The number of hydrogen-bond donors (Lipinski definition) is 1. The van der Waals surface area contributed by atoms with Crippen molar-refractivity contribution in [1.29, 1.82) is 0 Å². The summed E-state index contributed by atoms with van der Waals surface area (Å²) in [6.45, 7) is 5.47. The fraction of sp³-hybridized carbons (Fsp3) is 0.250. The number of nitrogens with zero attached hydrogens (tertiary/aromatic N) is 2. The molecule has 3 rings (SSSR count). The number of aromatic nitrogens is 2. The van der Waals surface area contributed by atoms with Gasteiger partial charge in [0.2, 0.25) is 11.7 Å². The first-order chi connectivity index (χ1) is 13.1.